The molecule has 0 radical (unpaired) electrons. The molecule has 0 saturated carbocycles. The predicted molar refractivity (Wildman–Crippen MR) is 150 cm³/mol. The van der Waals surface area contributed by atoms with Gasteiger partial charge in [0.05, 0.1) is 11.1 Å². The largest absolute Gasteiger partial charge is 0.352 e. The highest BCUT2D eigenvalue weighted by Gasteiger charge is 2.35. The molecule has 202 valence electrons. The Labute approximate surface area is 229 Å². The molecule has 1 aliphatic heterocycles. The lowest BCUT2D eigenvalue weighted by molar-refractivity contribution is -0.141. The molecule has 1 heterocycles. The number of aryl methyl sites for hydroxylation is 1. The summed E-state index contributed by atoms with van der Waals surface area (Å²) in [5.74, 6) is -1.08. The average Bonchev–Trinajstić information content (AvgIpc) is 3.16. The Morgan fingerprint density at radius 2 is 1.44 bits per heavy atom. The number of amides is 4. The van der Waals surface area contributed by atoms with Crippen molar-refractivity contribution in [2.75, 3.05) is 6.54 Å². The number of hydrogen-bond donors (Lipinski definition) is 1. The third kappa shape index (κ3) is 6.60. The van der Waals surface area contributed by atoms with Gasteiger partial charge in [-0.1, -0.05) is 66.7 Å². The quantitative estimate of drug-likeness (QED) is 0.373. The van der Waals surface area contributed by atoms with E-state index in [0.29, 0.717) is 24.0 Å². The molecule has 4 rings (SSSR count). The zero-order valence-corrected chi connectivity index (χ0v) is 22.7. The van der Waals surface area contributed by atoms with Crippen molar-refractivity contribution in [2.24, 2.45) is 0 Å². The molecule has 0 unspecified atom stereocenters. The van der Waals surface area contributed by atoms with Crippen molar-refractivity contribution in [2.45, 2.75) is 58.7 Å². The van der Waals surface area contributed by atoms with Crippen LogP contribution in [0.15, 0.2) is 78.9 Å². The normalized spacial score (nSPS) is 13.4. The highest BCUT2D eigenvalue weighted by molar-refractivity contribution is 6.21. The van der Waals surface area contributed by atoms with Crippen molar-refractivity contribution in [1.29, 1.82) is 0 Å². The molecule has 7 heteroatoms. The molecule has 7 nitrogen and oxygen atoms in total. The van der Waals surface area contributed by atoms with E-state index in [1.54, 1.807) is 29.2 Å². The third-order valence-electron chi connectivity index (χ3n) is 6.95. The van der Waals surface area contributed by atoms with Crippen LogP contribution in [0.3, 0.4) is 0 Å². The van der Waals surface area contributed by atoms with Gasteiger partial charge in [-0.2, -0.15) is 0 Å². The van der Waals surface area contributed by atoms with Crippen LogP contribution in [0.5, 0.6) is 0 Å². The number of imide groups is 1. The summed E-state index contributed by atoms with van der Waals surface area (Å²) in [4.78, 5) is 55.6. The van der Waals surface area contributed by atoms with Gasteiger partial charge in [0.25, 0.3) is 11.8 Å². The minimum Gasteiger partial charge on any atom is -0.352 e. The molecular formula is C32H35N3O4. The Balaban J connectivity index is 1.55. The van der Waals surface area contributed by atoms with E-state index in [1.807, 2.05) is 75.4 Å². The number of nitrogens with one attached hydrogen (secondary N) is 1. The molecular weight excluding hydrogens is 490 g/mol. The van der Waals surface area contributed by atoms with Gasteiger partial charge in [-0.25, -0.2) is 0 Å². The summed E-state index contributed by atoms with van der Waals surface area (Å²) in [6, 6.07) is 23.4. The lowest BCUT2D eigenvalue weighted by Gasteiger charge is -2.32. The van der Waals surface area contributed by atoms with Gasteiger partial charge in [-0.05, 0) is 56.0 Å². The molecule has 1 N–H and O–H groups in total. The Morgan fingerprint density at radius 3 is 2.05 bits per heavy atom. The van der Waals surface area contributed by atoms with Crippen LogP contribution < -0.4 is 5.32 Å². The molecule has 3 aromatic carbocycles. The third-order valence-corrected chi connectivity index (χ3v) is 6.95. The van der Waals surface area contributed by atoms with E-state index >= 15 is 0 Å². The van der Waals surface area contributed by atoms with E-state index in [2.05, 4.69) is 5.32 Å². The van der Waals surface area contributed by atoms with E-state index in [1.165, 1.54) is 4.90 Å². The van der Waals surface area contributed by atoms with Crippen LogP contribution in [0.25, 0.3) is 0 Å². The van der Waals surface area contributed by atoms with Gasteiger partial charge in [0.1, 0.15) is 6.04 Å². The highest BCUT2D eigenvalue weighted by atomic mass is 16.2. The summed E-state index contributed by atoms with van der Waals surface area (Å²) >= 11 is 0. The SMILES string of the molecule is Cc1ccccc1CN(C(=O)CCCN1C(=O)c2ccccc2C1=O)[C@@H](Cc1ccccc1)C(=O)NC(C)C. The van der Waals surface area contributed by atoms with Crippen molar-refractivity contribution in [3.05, 3.63) is 107 Å². The number of nitrogens with zero attached hydrogens (tertiary/aromatic N) is 2. The van der Waals surface area contributed by atoms with E-state index < -0.39 is 6.04 Å². The first kappa shape index (κ1) is 27.8. The van der Waals surface area contributed by atoms with Crippen LogP contribution in [0.4, 0.5) is 0 Å². The van der Waals surface area contributed by atoms with Crippen LogP contribution in [-0.2, 0) is 22.6 Å². The van der Waals surface area contributed by atoms with Crippen LogP contribution in [0, 0.1) is 6.92 Å². The van der Waals surface area contributed by atoms with Gasteiger partial charge in [-0.3, -0.25) is 24.1 Å². The summed E-state index contributed by atoms with van der Waals surface area (Å²) in [5, 5.41) is 2.99. The molecule has 0 spiro atoms. The number of rotatable bonds is 11. The van der Waals surface area contributed by atoms with Crippen LogP contribution in [0.2, 0.25) is 0 Å². The smallest absolute Gasteiger partial charge is 0.261 e. The monoisotopic (exact) mass is 525 g/mol. The maximum absolute atomic E-state index is 13.8. The summed E-state index contributed by atoms with van der Waals surface area (Å²) < 4.78 is 0. The van der Waals surface area contributed by atoms with Gasteiger partial charge >= 0.3 is 0 Å². The van der Waals surface area contributed by atoms with Crippen LogP contribution in [-0.4, -0.2) is 52.1 Å². The first-order valence-corrected chi connectivity index (χ1v) is 13.4. The zero-order valence-electron chi connectivity index (χ0n) is 22.7. The van der Waals surface area contributed by atoms with E-state index in [0.717, 1.165) is 16.7 Å². The number of hydrogen-bond acceptors (Lipinski definition) is 4. The zero-order chi connectivity index (χ0) is 27.9. The predicted octanol–water partition coefficient (Wildman–Crippen LogP) is 4.54. The van der Waals surface area contributed by atoms with E-state index in [9.17, 15) is 19.2 Å². The molecule has 1 aliphatic rings. The molecule has 3 aromatic rings. The summed E-state index contributed by atoms with van der Waals surface area (Å²) in [5.41, 5.74) is 3.73. The first-order valence-electron chi connectivity index (χ1n) is 13.4. The Kier molecular flexibility index (Phi) is 8.92. The lowest BCUT2D eigenvalue weighted by Crippen LogP contribution is -2.52. The second kappa shape index (κ2) is 12.5. The molecule has 0 aliphatic carbocycles. The summed E-state index contributed by atoms with van der Waals surface area (Å²) in [6.45, 7) is 6.19. The fourth-order valence-electron chi connectivity index (χ4n) is 4.88. The Hall–Kier alpha value is -4.26. The van der Waals surface area contributed by atoms with Gasteiger partial charge in [0.2, 0.25) is 11.8 Å². The maximum atomic E-state index is 13.8. The van der Waals surface area contributed by atoms with Gasteiger partial charge in [0, 0.05) is 32.0 Å². The molecule has 0 saturated heterocycles. The second-order valence-electron chi connectivity index (χ2n) is 10.2. The number of carbonyl (C=O) groups excluding carboxylic acids is 4. The average molecular weight is 526 g/mol. The number of carbonyl (C=O) groups is 4. The Bertz CT molecular complexity index is 1320. The van der Waals surface area contributed by atoms with Gasteiger partial charge in [-0.15, -0.1) is 0 Å². The van der Waals surface area contributed by atoms with Crippen molar-refractivity contribution < 1.29 is 19.2 Å². The van der Waals surface area contributed by atoms with Crippen molar-refractivity contribution in [3.8, 4) is 0 Å². The summed E-state index contributed by atoms with van der Waals surface area (Å²) in [7, 11) is 0. The van der Waals surface area contributed by atoms with E-state index in [4.69, 9.17) is 0 Å². The molecule has 4 amide bonds. The van der Waals surface area contributed by atoms with Gasteiger partial charge in [0.15, 0.2) is 0 Å². The van der Waals surface area contributed by atoms with Crippen molar-refractivity contribution >= 4 is 23.6 Å². The minimum absolute atomic E-state index is 0.0833. The summed E-state index contributed by atoms with van der Waals surface area (Å²) in [6.07, 6.45) is 0.771. The Morgan fingerprint density at radius 1 is 0.846 bits per heavy atom. The molecule has 39 heavy (non-hydrogen) atoms. The standard InChI is InChI=1S/C32H35N3O4/c1-22(2)33-30(37)28(20-24-13-5-4-6-14-24)35(21-25-15-8-7-12-23(25)3)29(36)18-11-19-34-31(38)26-16-9-10-17-27(26)32(34)39/h4-10,12-17,22,28H,11,18-21H2,1-3H3,(H,33,37)/t28-/m0/s1. The van der Waals surface area contributed by atoms with Crippen molar-refractivity contribution in [1.82, 2.24) is 15.1 Å². The van der Waals surface area contributed by atoms with Crippen LogP contribution in [0.1, 0.15) is 64.1 Å². The maximum Gasteiger partial charge on any atom is 0.261 e. The fraction of sp³-hybridized carbons (Fsp3) is 0.312. The number of fused-ring (bicyclic) bond motifs is 1. The molecule has 0 aromatic heterocycles. The molecule has 0 bridgehead atoms. The second-order valence-corrected chi connectivity index (χ2v) is 10.2. The molecule has 1 atom stereocenters. The minimum atomic E-state index is -0.721. The fourth-order valence-corrected chi connectivity index (χ4v) is 4.88. The van der Waals surface area contributed by atoms with Crippen molar-refractivity contribution in [3.63, 3.8) is 0 Å². The molecule has 0 fully saturated rings. The topological polar surface area (TPSA) is 86.8 Å². The first-order chi connectivity index (χ1) is 18.8. The van der Waals surface area contributed by atoms with E-state index in [-0.39, 0.29) is 49.2 Å². The number of benzene rings is 3. The van der Waals surface area contributed by atoms with Gasteiger partial charge < -0.3 is 10.2 Å². The highest BCUT2D eigenvalue weighted by Crippen LogP contribution is 2.23. The van der Waals surface area contributed by atoms with Crippen LogP contribution >= 0.6 is 0 Å². The lowest BCUT2D eigenvalue weighted by atomic mass is 10.0.